The first-order valence-corrected chi connectivity index (χ1v) is 15.9. The molecule has 0 aliphatic carbocycles. The lowest BCUT2D eigenvalue weighted by Crippen LogP contribution is -2.60. The van der Waals surface area contributed by atoms with Gasteiger partial charge in [-0.1, -0.05) is 70.4 Å². The van der Waals surface area contributed by atoms with Crippen molar-refractivity contribution in [3.05, 3.63) is 12.2 Å². The molecule has 39 heavy (non-hydrogen) atoms. The Hall–Kier alpha value is -1.12. The number of carbonyl (C=O) groups excluding carboxylic acids is 1. The molecule has 1 aliphatic heterocycles. The van der Waals surface area contributed by atoms with E-state index in [4.69, 9.17) is 18.8 Å². The third-order valence-corrected chi connectivity index (χ3v) is 7.33. The zero-order valence-electron chi connectivity index (χ0n) is 23.2. The normalized spacial score (nSPS) is 24.7. The Balaban J connectivity index is 2.08. The first-order valence-electron chi connectivity index (χ1n) is 14.3. The van der Waals surface area contributed by atoms with E-state index < -0.39 is 65.3 Å². The highest BCUT2D eigenvalue weighted by atomic mass is 32.2. The van der Waals surface area contributed by atoms with Crippen molar-refractivity contribution in [2.45, 2.75) is 134 Å². The molecule has 1 saturated heterocycles. The Morgan fingerprint density at radius 3 is 2.00 bits per heavy atom. The van der Waals surface area contributed by atoms with E-state index in [1.54, 1.807) is 0 Å². The van der Waals surface area contributed by atoms with E-state index in [2.05, 4.69) is 19.1 Å². The fourth-order valence-corrected chi connectivity index (χ4v) is 4.95. The van der Waals surface area contributed by atoms with Crippen LogP contribution in [0.4, 0.5) is 0 Å². The van der Waals surface area contributed by atoms with E-state index >= 15 is 0 Å². The van der Waals surface area contributed by atoms with Gasteiger partial charge in [0.2, 0.25) is 0 Å². The molecule has 1 unspecified atom stereocenters. The highest BCUT2D eigenvalue weighted by molar-refractivity contribution is 7.85. The highest BCUT2D eigenvalue weighted by Gasteiger charge is 2.45. The third kappa shape index (κ3) is 17.3. The van der Waals surface area contributed by atoms with Crippen molar-refractivity contribution < 1.29 is 52.4 Å². The summed E-state index contributed by atoms with van der Waals surface area (Å²) in [6.07, 6.45) is 10.1. The molecular weight excluding hydrogens is 532 g/mol. The number of carbonyl (C=O) groups is 1. The van der Waals surface area contributed by atoms with Crippen LogP contribution >= 0.6 is 0 Å². The van der Waals surface area contributed by atoms with Crippen LogP contribution < -0.4 is 0 Å². The molecule has 1 fully saturated rings. The number of esters is 1. The Morgan fingerprint density at radius 2 is 1.41 bits per heavy atom. The van der Waals surface area contributed by atoms with Crippen LogP contribution in [0, 0.1) is 0 Å². The van der Waals surface area contributed by atoms with Gasteiger partial charge in [0.1, 0.15) is 42.9 Å². The van der Waals surface area contributed by atoms with Gasteiger partial charge in [-0.05, 0) is 32.1 Å². The Morgan fingerprint density at radius 1 is 0.846 bits per heavy atom. The standard InChI is InChI=1S/C27H50O11S/c1-2-3-4-5-6-7-8-9-10-11-12-13-14-15-16-17-23(29)36-18-21(28)19-37-27-26(32)25(31)24(30)22(38-27)20-39(33,34)35/h9-10,21-22,24-28,30-32H,2-8,11-20H2,1H3,(H,33,34,35)/b10-9-/t21?,22-,24-,25+,26-,27+/m1/s1. The fraction of sp³-hybridized carbons (Fsp3) is 0.889. The van der Waals surface area contributed by atoms with Crippen molar-refractivity contribution in [2.75, 3.05) is 19.0 Å². The van der Waals surface area contributed by atoms with Crippen molar-refractivity contribution in [1.29, 1.82) is 0 Å². The van der Waals surface area contributed by atoms with Crippen LogP contribution in [0.5, 0.6) is 0 Å². The van der Waals surface area contributed by atoms with E-state index in [1.807, 2.05) is 0 Å². The predicted molar refractivity (Wildman–Crippen MR) is 145 cm³/mol. The van der Waals surface area contributed by atoms with Crippen molar-refractivity contribution in [1.82, 2.24) is 0 Å². The second-order valence-corrected chi connectivity index (χ2v) is 11.8. The lowest BCUT2D eigenvalue weighted by Gasteiger charge is -2.40. The number of hydrogen-bond donors (Lipinski definition) is 5. The van der Waals surface area contributed by atoms with Crippen LogP contribution in [0.25, 0.3) is 0 Å². The summed E-state index contributed by atoms with van der Waals surface area (Å²) in [6, 6.07) is 0. The molecule has 0 aromatic rings. The summed E-state index contributed by atoms with van der Waals surface area (Å²) in [7, 11) is -4.54. The first kappa shape index (κ1) is 35.9. The van der Waals surface area contributed by atoms with Crippen molar-refractivity contribution in [3.63, 3.8) is 0 Å². The molecule has 0 bridgehead atoms. The smallest absolute Gasteiger partial charge is 0.305 e. The number of ether oxygens (including phenoxy) is 3. The van der Waals surface area contributed by atoms with Crippen LogP contribution in [0.2, 0.25) is 0 Å². The van der Waals surface area contributed by atoms with Crippen molar-refractivity contribution >= 4 is 16.1 Å². The zero-order valence-corrected chi connectivity index (χ0v) is 24.0. The summed E-state index contributed by atoms with van der Waals surface area (Å²) in [6.45, 7) is 1.42. The molecule has 1 aliphatic rings. The van der Waals surface area contributed by atoms with Gasteiger partial charge in [0, 0.05) is 6.42 Å². The number of allylic oxidation sites excluding steroid dienone is 2. The number of unbranched alkanes of at least 4 members (excludes halogenated alkanes) is 11. The van der Waals surface area contributed by atoms with Gasteiger partial charge in [-0.25, -0.2) is 0 Å². The monoisotopic (exact) mass is 582 g/mol. The number of aliphatic hydroxyl groups is 4. The van der Waals surface area contributed by atoms with Gasteiger partial charge in [0.05, 0.1) is 6.61 Å². The Kier molecular flexibility index (Phi) is 19.1. The van der Waals surface area contributed by atoms with Gasteiger partial charge < -0.3 is 34.6 Å². The molecule has 1 heterocycles. The molecule has 0 spiro atoms. The van der Waals surface area contributed by atoms with Gasteiger partial charge in [0.25, 0.3) is 10.1 Å². The van der Waals surface area contributed by atoms with Crippen LogP contribution in [0.3, 0.4) is 0 Å². The van der Waals surface area contributed by atoms with Crippen LogP contribution in [0.1, 0.15) is 96.8 Å². The predicted octanol–water partition coefficient (Wildman–Crippen LogP) is 2.64. The maximum Gasteiger partial charge on any atom is 0.305 e. The minimum Gasteiger partial charge on any atom is -0.463 e. The van der Waals surface area contributed by atoms with Crippen molar-refractivity contribution in [3.8, 4) is 0 Å². The number of aliphatic hydroxyl groups excluding tert-OH is 4. The average molecular weight is 583 g/mol. The number of rotatable bonds is 22. The van der Waals surface area contributed by atoms with Crippen LogP contribution in [0.15, 0.2) is 12.2 Å². The van der Waals surface area contributed by atoms with E-state index in [-0.39, 0.29) is 13.0 Å². The minimum absolute atomic E-state index is 0.234. The van der Waals surface area contributed by atoms with Crippen LogP contribution in [-0.4, -0.2) is 95.1 Å². The van der Waals surface area contributed by atoms with E-state index in [1.165, 1.54) is 38.5 Å². The summed E-state index contributed by atoms with van der Waals surface area (Å²) in [5.74, 6) is -1.47. The molecule has 230 valence electrons. The molecule has 5 N–H and O–H groups in total. The van der Waals surface area contributed by atoms with E-state index in [0.717, 1.165) is 38.5 Å². The van der Waals surface area contributed by atoms with Crippen LogP contribution in [-0.2, 0) is 29.1 Å². The molecule has 1 rings (SSSR count). The second-order valence-electron chi connectivity index (χ2n) is 10.3. The second kappa shape index (κ2) is 20.7. The van der Waals surface area contributed by atoms with Gasteiger partial charge in [-0.2, -0.15) is 8.42 Å². The lowest BCUT2D eigenvalue weighted by molar-refractivity contribution is -0.296. The average Bonchev–Trinajstić information content (AvgIpc) is 2.88. The quantitative estimate of drug-likeness (QED) is 0.0548. The molecule has 0 aromatic carbocycles. The maximum atomic E-state index is 11.9. The molecule has 0 radical (unpaired) electrons. The van der Waals surface area contributed by atoms with Gasteiger partial charge >= 0.3 is 5.97 Å². The van der Waals surface area contributed by atoms with Gasteiger partial charge in [-0.3, -0.25) is 9.35 Å². The summed E-state index contributed by atoms with van der Waals surface area (Å²) in [5.41, 5.74) is 0. The molecule has 11 nitrogen and oxygen atoms in total. The SMILES string of the molecule is CCCCCCCC/C=C\CCCCCCCC(=O)OCC(O)CO[C@H]1O[C@H](CS(=O)(=O)O)[C@@H](O)[C@H](O)[C@H]1O. The maximum absolute atomic E-state index is 11.9. The van der Waals surface area contributed by atoms with Gasteiger partial charge in [0.15, 0.2) is 6.29 Å². The summed E-state index contributed by atoms with van der Waals surface area (Å²) < 4.78 is 46.4. The third-order valence-electron chi connectivity index (χ3n) is 6.58. The summed E-state index contributed by atoms with van der Waals surface area (Å²) in [4.78, 5) is 11.9. The van der Waals surface area contributed by atoms with E-state index in [9.17, 15) is 33.6 Å². The van der Waals surface area contributed by atoms with Crippen molar-refractivity contribution in [2.24, 2.45) is 0 Å². The molecule has 6 atom stereocenters. The Labute approximate surface area is 233 Å². The molecular formula is C27H50O11S. The lowest BCUT2D eigenvalue weighted by atomic mass is 10.00. The highest BCUT2D eigenvalue weighted by Crippen LogP contribution is 2.23. The topological polar surface area (TPSA) is 180 Å². The largest absolute Gasteiger partial charge is 0.463 e. The number of hydrogen-bond acceptors (Lipinski definition) is 10. The summed E-state index contributed by atoms with van der Waals surface area (Å²) in [5, 5.41) is 39.7. The summed E-state index contributed by atoms with van der Waals surface area (Å²) >= 11 is 0. The fourth-order valence-electron chi connectivity index (χ4n) is 4.25. The molecule has 0 saturated carbocycles. The zero-order chi connectivity index (χ0) is 29.1. The molecule has 0 aromatic heterocycles. The molecule has 0 amide bonds. The van der Waals surface area contributed by atoms with Gasteiger partial charge in [-0.15, -0.1) is 0 Å². The first-order chi connectivity index (χ1) is 18.5. The minimum atomic E-state index is -4.54. The Bertz CT molecular complexity index is 774. The molecule has 12 heteroatoms. The van der Waals surface area contributed by atoms with E-state index in [0.29, 0.717) is 6.42 Å².